The van der Waals surface area contributed by atoms with Crippen molar-refractivity contribution in [2.75, 3.05) is 5.75 Å². The molecule has 32 heavy (non-hydrogen) atoms. The molecule has 0 aliphatic carbocycles. The number of ether oxygens (including phenoxy) is 1. The summed E-state index contributed by atoms with van der Waals surface area (Å²) >= 11 is 1.28. The molecule has 1 unspecified atom stereocenters. The van der Waals surface area contributed by atoms with Gasteiger partial charge >= 0.3 is 5.97 Å². The second-order valence-electron chi connectivity index (χ2n) is 7.50. The van der Waals surface area contributed by atoms with Crippen LogP contribution in [0.5, 0.6) is 0 Å². The number of nitrogens with zero attached hydrogens (tertiary/aromatic N) is 2. The van der Waals surface area contributed by atoms with E-state index in [1.807, 2.05) is 60.7 Å². The zero-order valence-electron chi connectivity index (χ0n) is 17.0. The Morgan fingerprint density at radius 2 is 1.75 bits per heavy atom. The summed E-state index contributed by atoms with van der Waals surface area (Å²) < 4.78 is 5.86. The third-order valence-electron chi connectivity index (χ3n) is 5.42. The largest absolute Gasteiger partial charge is 0.451 e. The van der Waals surface area contributed by atoms with Gasteiger partial charge in [0.25, 0.3) is 0 Å². The van der Waals surface area contributed by atoms with E-state index in [1.54, 1.807) is 6.07 Å². The maximum Gasteiger partial charge on any atom is 0.332 e. The number of β-lactam (4-membered cyclic amide) rings is 1. The molecule has 2 saturated heterocycles. The van der Waals surface area contributed by atoms with Gasteiger partial charge in [-0.2, -0.15) is 5.26 Å². The minimum absolute atomic E-state index is 0.209. The Hall–Kier alpha value is -3.35. The van der Waals surface area contributed by atoms with Crippen molar-refractivity contribution in [3.63, 3.8) is 0 Å². The number of nitrogens with one attached hydrogen (secondary N) is 1. The van der Waals surface area contributed by atoms with Gasteiger partial charge in [-0.05, 0) is 11.1 Å². The predicted octanol–water partition coefficient (Wildman–Crippen LogP) is 1.36. The van der Waals surface area contributed by atoms with Crippen LogP contribution in [0.1, 0.15) is 23.7 Å². The van der Waals surface area contributed by atoms with E-state index in [1.165, 1.54) is 16.7 Å². The molecular weight excluding hydrogens is 430 g/mol. The first-order valence-electron chi connectivity index (χ1n) is 10.1. The van der Waals surface area contributed by atoms with Gasteiger partial charge in [0.2, 0.25) is 11.8 Å². The van der Waals surface area contributed by atoms with Crippen LogP contribution >= 0.6 is 11.8 Å². The van der Waals surface area contributed by atoms with Crippen molar-refractivity contribution in [3.05, 3.63) is 71.8 Å². The number of fused-ring (bicyclic) bond motifs is 1. The second-order valence-corrected chi connectivity index (χ2v) is 8.65. The van der Waals surface area contributed by atoms with Gasteiger partial charge < -0.3 is 20.1 Å². The van der Waals surface area contributed by atoms with Gasteiger partial charge in [0.15, 0.2) is 12.1 Å². The second kappa shape index (κ2) is 9.42. The summed E-state index contributed by atoms with van der Waals surface area (Å²) in [5.41, 5.74) is 1.53. The third-order valence-corrected chi connectivity index (χ3v) is 6.79. The Balaban J connectivity index is 1.54. The molecule has 0 spiro atoms. The number of benzene rings is 2. The molecule has 0 aromatic heterocycles. The lowest BCUT2D eigenvalue weighted by molar-refractivity contribution is -0.173. The lowest BCUT2D eigenvalue weighted by Gasteiger charge is -2.53. The van der Waals surface area contributed by atoms with Gasteiger partial charge in [-0.3, -0.25) is 9.59 Å². The highest BCUT2D eigenvalue weighted by Crippen LogP contribution is 2.39. The van der Waals surface area contributed by atoms with E-state index in [2.05, 4.69) is 5.32 Å². The maximum atomic E-state index is 13.2. The number of aliphatic hydroxyl groups excluding tert-OH is 1. The minimum atomic E-state index is -1.17. The first-order chi connectivity index (χ1) is 15.5. The fourth-order valence-electron chi connectivity index (χ4n) is 3.90. The Morgan fingerprint density at radius 3 is 2.31 bits per heavy atom. The summed E-state index contributed by atoms with van der Waals surface area (Å²) in [6.07, 6.45) is -2.16. The molecule has 2 aliphatic rings. The standard InChI is InChI=1S/C23H21N3O5S/c24-12-11-17(28)25-18-21(29)26-19(16(27)13-32-22(18)26)23(30)31-20(14-7-3-1-4-8-14)15-9-5-2-6-10-15/h1-10,16,18-20,22,27H,11,13H2,(H,25,28)/t16?,18-,19-,22+/m1/s1. The number of esters is 1. The molecule has 2 aliphatic heterocycles. The number of carbonyl (C=O) groups excluding carboxylic acids is 3. The summed E-state index contributed by atoms with van der Waals surface area (Å²) in [5, 5.41) is 21.2. The van der Waals surface area contributed by atoms with Crippen molar-refractivity contribution in [1.29, 1.82) is 5.26 Å². The van der Waals surface area contributed by atoms with Gasteiger partial charge in [-0.15, -0.1) is 11.8 Å². The lowest BCUT2D eigenvalue weighted by atomic mass is 9.98. The molecule has 4 atom stereocenters. The number of hydrogen-bond acceptors (Lipinski definition) is 7. The van der Waals surface area contributed by atoms with Crippen molar-refractivity contribution >= 4 is 29.5 Å². The fourth-order valence-corrected chi connectivity index (χ4v) is 5.25. The summed E-state index contributed by atoms with van der Waals surface area (Å²) in [5.74, 6) is -1.54. The van der Waals surface area contributed by atoms with Crippen molar-refractivity contribution in [3.8, 4) is 6.07 Å². The zero-order chi connectivity index (χ0) is 22.7. The molecule has 0 saturated carbocycles. The molecule has 0 radical (unpaired) electrons. The molecular formula is C23H21N3O5S. The van der Waals surface area contributed by atoms with Crippen molar-refractivity contribution < 1.29 is 24.2 Å². The summed E-state index contributed by atoms with van der Waals surface area (Å²) in [6.45, 7) is 0. The number of aliphatic hydroxyl groups is 1. The van der Waals surface area contributed by atoms with E-state index in [9.17, 15) is 19.5 Å². The van der Waals surface area contributed by atoms with Crippen LogP contribution in [-0.2, 0) is 19.1 Å². The van der Waals surface area contributed by atoms with Gasteiger partial charge in [-0.1, -0.05) is 60.7 Å². The molecule has 2 N–H and O–H groups in total. The number of rotatable bonds is 6. The van der Waals surface area contributed by atoms with Crippen LogP contribution < -0.4 is 5.32 Å². The summed E-state index contributed by atoms with van der Waals surface area (Å²) in [4.78, 5) is 39.0. The molecule has 8 nitrogen and oxygen atoms in total. The molecule has 4 rings (SSSR count). The van der Waals surface area contributed by atoms with Gasteiger partial charge in [-0.25, -0.2) is 4.79 Å². The molecule has 2 heterocycles. The topological polar surface area (TPSA) is 120 Å². The van der Waals surface area contributed by atoms with Crippen LogP contribution in [0.3, 0.4) is 0 Å². The lowest BCUT2D eigenvalue weighted by Crippen LogP contribution is -2.76. The zero-order valence-corrected chi connectivity index (χ0v) is 17.8. The quantitative estimate of drug-likeness (QED) is 0.503. The summed E-state index contributed by atoms with van der Waals surface area (Å²) in [6, 6.07) is 18.2. The molecule has 0 bridgehead atoms. The van der Waals surface area contributed by atoms with Gasteiger partial charge in [0.1, 0.15) is 17.8 Å². The average Bonchev–Trinajstić information content (AvgIpc) is 2.82. The fraction of sp³-hybridized carbons (Fsp3) is 0.304. The highest BCUT2D eigenvalue weighted by molar-refractivity contribution is 8.00. The molecule has 2 aromatic carbocycles. The Labute approximate surface area is 189 Å². The summed E-state index contributed by atoms with van der Waals surface area (Å²) in [7, 11) is 0. The highest BCUT2D eigenvalue weighted by Gasteiger charge is 2.58. The van der Waals surface area contributed by atoms with E-state index >= 15 is 0 Å². The number of amides is 2. The van der Waals surface area contributed by atoms with Gasteiger partial charge in [0.05, 0.1) is 12.2 Å². The van der Waals surface area contributed by atoms with Crippen LogP contribution in [0.15, 0.2) is 60.7 Å². The smallest absolute Gasteiger partial charge is 0.332 e. The number of thioether (sulfide) groups is 1. The average molecular weight is 452 g/mol. The van der Waals surface area contributed by atoms with Crippen LogP contribution in [0.4, 0.5) is 0 Å². The highest BCUT2D eigenvalue weighted by atomic mass is 32.2. The Bertz CT molecular complexity index is 1000. The Morgan fingerprint density at radius 1 is 1.16 bits per heavy atom. The van der Waals surface area contributed by atoms with E-state index < -0.39 is 47.4 Å². The third kappa shape index (κ3) is 4.20. The predicted molar refractivity (Wildman–Crippen MR) is 116 cm³/mol. The number of carbonyl (C=O) groups is 3. The SMILES string of the molecule is N#CCC(=O)N[C@@H]1C(=O)N2[C@@H](C(=O)OC(c3ccccc3)c3ccccc3)C(O)CS[C@@H]12. The van der Waals surface area contributed by atoms with Crippen molar-refractivity contribution in [2.45, 2.75) is 36.1 Å². The molecule has 2 amide bonds. The molecule has 9 heteroatoms. The first kappa shape index (κ1) is 21.9. The number of hydrogen-bond donors (Lipinski definition) is 2. The van der Waals surface area contributed by atoms with Crippen LogP contribution in [0.2, 0.25) is 0 Å². The number of nitriles is 1. The van der Waals surface area contributed by atoms with E-state index in [-0.39, 0.29) is 12.2 Å². The van der Waals surface area contributed by atoms with Crippen molar-refractivity contribution in [2.24, 2.45) is 0 Å². The monoisotopic (exact) mass is 451 g/mol. The van der Waals surface area contributed by atoms with Crippen LogP contribution in [0.25, 0.3) is 0 Å². The maximum absolute atomic E-state index is 13.2. The van der Waals surface area contributed by atoms with E-state index in [0.29, 0.717) is 0 Å². The normalized spacial score (nSPS) is 24.2. The molecule has 2 fully saturated rings. The van der Waals surface area contributed by atoms with E-state index in [0.717, 1.165) is 11.1 Å². The first-order valence-corrected chi connectivity index (χ1v) is 11.1. The molecule has 164 valence electrons. The minimum Gasteiger partial charge on any atom is -0.451 e. The Kier molecular flexibility index (Phi) is 6.44. The van der Waals surface area contributed by atoms with Crippen LogP contribution in [0, 0.1) is 11.3 Å². The van der Waals surface area contributed by atoms with Crippen molar-refractivity contribution in [1.82, 2.24) is 10.2 Å². The van der Waals surface area contributed by atoms with Crippen LogP contribution in [-0.4, -0.2) is 57.1 Å². The van der Waals surface area contributed by atoms with Gasteiger partial charge in [0, 0.05) is 5.75 Å². The molecule has 2 aromatic rings. The van der Waals surface area contributed by atoms with E-state index in [4.69, 9.17) is 10.00 Å².